The van der Waals surface area contributed by atoms with Gasteiger partial charge in [-0.25, -0.2) is 4.79 Å². The Morgan fingerprint density at radius 3 is 2.42 bits per heavy atom. The molecule has 136 valence electrons. The minimum atomic E-state index is -0.324. The quantitative estimate of drug-likeness (QED) is 0.914. The summed E-state index contributed by atoms with van der Waals surface area (Å²) >= 11 is 0. The summed E-state index contributed by atoms with van der Waals surface area (Å²) < 4.78 is 5.00. The summed E-state index contributed by atoms with van der Waals surface area (Å²) in [5.74, 6) is -0.0854. The minimum Gasteiger partial charge on any atom is -0.450 e. The monoisotopic (exact) mass is 354 g/mol. The van der Waals surface area contributed by atoms with Gasteiger partial charge >= 0.3 is 6.09 Å². The molecule has 1 aliphatic rings. The molecule has 7 nitrogen and oxygen atoms in total. The lowest BCUT2D eigenvalue weighted by atomic mass is 10.2. The van der Waals surface area contributed by atoms with Crippen LogP contribution in [0.5, 0.6) is 0 Å². The standard InChI is InChI=1S/C19H22N4O3/c1-2-26-19(25)23-10-8-22(9-11-23)18(24)15-12-17(14-20-13-15)21-16-6-4-3-5-7-16/h3-7,12-14,21H,2,8-11H2,1H3. The van der Waals surface area contributed by atoms with E-state index in [9.17, 15) is 9.59 Å². The largest absolute Gasteiger partial charge is 0.450 e. The first kappa shape index (κ1) is 17.7. The number of nitrogens with zero attached hydrogens (tertiary/aromatic N) is 3. The number of carbonyl (C=O) groups excluding carboxylic acids is 2. The molecule has 0 radical (unpaired) electrons. The molecule has 1 saturated heterocycles. The molecular formula is C19H22N4O3. The molecule has 0 saturated carbocycles. The molecule has 2 amide bonds. The normalized spacial score (nSPS) is 14.0. The number of rotatable bonds is 4. The number of carbonyl (C=O) groups is 2. The Labute approximate surface area is 152 Å². The second kappa shape index (κ2) is 8.33. The molecule has 0 bridgehead atoms. The van der Waals surface area contributed by atoms with Crippen molar-refractivity contribution in [2.45, 2.75) is 6.92 Å². The third-order valence-corrected chi connectivity index (χ3v) is 4.14. The fourth-order valence-electron chi connectivity index (χ4n) is 2.80. The molecule has 1 aromatic heterocycles. The van der Waals surface area contributed by atoms with Crippen LogP contribution in [-0.4, -0.2) is 59.6 Å². The van der Waals surface area contributed by atoms with Crippen LogP contribution in [-0.2, 0) is 4.74 Å². The first-order valence-corrected chi connectivity index (χ1v) is 8.65. The highest BCUT2D eigenvalue weighted by molar-refractivity contribution is 5.95. The predicted molar refractivity (Wildman–Crippen MR) is 98.5 cm³/mol. The molecule has 2 aromatic rings. The van der Waals surface area contributed by atoms with Gasteiger partial charge < -0.3 is 19.9 Å². The van der Waals surface area contributed by atoms with Gasteiger partial charge in [-0.3, -0.25) is 9.78 Å². The predicted octanol–water partition coefficient (Wildman–Crippen LogP) is 2.74. The third kappa shape index (κ3) is 4.30. The number of para-hydroxylation sites is 1. The zero-order valence-electron chi connectivity index (χ0n) is 14.7. The van der Waals surface area contributed by atoms with E-state index in [1.54, 1.807) is 35.2 Å². The molecular weight excluding hydrogens is 332 g/mol. The maximum atomic E-state index is 12.7. The topological polar surface area (TPSA) is 74.8 Å². The van der Waals surface area contributed by atoms with Crippen LogP contribution in [0.25, 0.3) is 0 Å². The fourth-order valence-corrected chi connectivity index (χ4v) is 2.80. The van der Waals surface area contributed by atoms with E-state index in [0.717, 1.165) is 11.4 Å². The number of ether oxygens (including phenoxy) is 1. The second-order valence-electron chi connectivity index (χ2n) is 5.93. The summed E-state index contributed by atoms with van der Waals surface area (Å²) in [7, 11) is 0. The van der Waals surface area contributed by atoms with Gasteiger partial charge in [-0.15, -0.1) is 0 Å². The van der Waals surface area contributed by atoms with E-state index in [1.807, 2.05) is 30.3 Å². The van der Waals surface area contributed by atoms with E-state index in [4.69, 9.17) is 4.74 Å². The van der Waals surface area contributed by atoms with Crippen LogP contribution in [0.3, 0.4) is 0 Å². The highest BCUT2D eigenvalue weighted by atomic mass is 16.6. The van der Waals surface area contributed by atoms with E-state index in [-0.39, 0.29) is 12.0 Å². The van der Waals surface area contributed by atoms with Crippen molar-refractivity contribution in [2.24, 2.45) is 0 Å². The number of pyridine rings is 1. The number of piperazine rings is 1. The zero-order valence-corrected chi connectivity index (χ0v) is 14.7. The number of anilines is 2. The Kier molecular flexibility index (Phi) is 5.68. The van der Waals surface area contributed by atoms with Gasteiger partial charge in [0.05, 0.1) is 24.1 Å². The highest BCUT2D eigenvalue weighted by Crippen LogP contribution is 2.17. The van der Waals surface area contributed by atoms with Crippen LogP contribution in [0.2, 0.25) is 0 Å². The van der Waals surface area contributed by atoms with Crippen LogP contribution in [0.1, 0.15) is 17.3 Å². The first-order chi connectivity index (χ1) is 12.7. The third-order valence-electron chi connectivity index (χ3n) is 4.14. The Morgan fingerprint density at radius 1 is 1.04 bits per heavy atom. The first-order valence-electron chi connectivity index (χ1n) is 8.65. The van der Waals surface area contributed by atoms with Crippen molar-refractivity contribution < 1.29 is 14.3 Å². The van der Waals surface area contributed by atoms with E-state index in [1.165, 1.54) is 0 Å². The summed E-state index contributed by atoms with van der Waals surface area (Å²) in [6.07, 6.45) is 2.92. The molecule has 1 aromatic carbocycles. The lowest BCUT2D eigenvalue weighted by Gasteiger charge is -2.34. The van der Waals surface area contributed by atoms with Crippen molar-refractivity contribution in [1.29, 1.82) is 0 Å². The molecule has 3 rings (SSSR count). The average Bonchev–Trinajstić information content (AvgIpc) is 2.69. The molecule has 1 fully saturated rings. The zero-order chi connectivity index (χ0) is 18.4. The number of benzene rings is 1. The molecule has 2 heterocycles. The number of hydrogen-bond acceptors (Lipinski definition) is 5. The van der Waals surface area contributed by atoms with Crippen molar-refractivity contribution >= 4 is 23.4 Å². The number of amides is 2. The van der Waals surface area contributed by atoms with Gasteiger partial charge in [-0.1, -0.05) is 18.2 Å². The van der Waals surface area contributed by atoms with Gasteiger partial charge in [0.15, 0.2) is 0 Å². The van der Waals surface area contributed by atoms with Gasteiger partial charge in [0.2, 0.25) is 0 Å². The van der Waals surface area contributed by atoms with Gasteiger partial charge in [0.25, 0.3) is 5.91 Å². The Bertz CT molecular complexity index is 758. The number of nitrogens with one attached hydrogen (secondary N) is 1. The van der Waals surface area contributed by atoms with Crippen molar-refractivity contribution in [3.8, 4) is 0 Å². The summed E-state index contributed by atoms with van der Waals surface area (Å²) in [4.78, 5) is 32.0. The lowest BCUT2D eigenvalue weighted by molar-refractivity contribution is 0.0570. The van der Waals surface area contributed by atoms with Crippen molar-refractivity contribution in [3.05, 3.63) is 54.4 Å². The molecule has 0 atom stereocenters. The molecule has 1 N–H and O–H groups in total. The maximum Gasteiger partial charge on any atom is 0.409 e. The van der Waals surface area contributed by atoms with Gasteiger partial charge in [-0.2, -0.15) is 0 Å². The fraction of sp³-hybridized carbons (Fsp3) is 0.316. The molecule has 0 aliphatic carbocycles. The Hall–Kier alpha value is -3.09. The number of aromatic nitrogens is 1. The molecule has 26 heavy (non-hydrogen) atoms. The highest BCUT2D eigenvalue weighted by Gasteiger charge is 2.25. The van der Waals surface area contributed by atoms with E-state index >= 15 is 0 Å². The summed E-state index contributed by atoms with van der Waals surface area (Å²) in [5.41, 5.74) is 2.21. The van der Waals surface area contributed by atoms with Crippen LogP contribution >= 0.6 is 0 Å². The van der Waals surface area contributed by atoms with E-state index in [0.29, 0.717) is 38.3 Å². The van der Waals surface area contributed by atoms with Gasteiger partial charge in [-0.05, 0) is 25.1 Å². The van der Waals surface area contributed by atoms with Crippen molar-refractivity contribution in [2.75, 3.05) is 38.1 Å². The Morgan fingerprint density at radius 2 is 1.73 bits per heavy atom. The van der Waals surface area contributed by atoms with Crippen LogP contribution in [0, 0.1) is 0 Å². The molecule has 7 heteroatoms. The van der Waals surface area contributed by atoms with Crippen molar-refractivity contribution in [3.63, 3.8) is 0 Å². The van der Waals surface area contributed by atoms with Gasteiger partial charge in [0, 0.05) is 38.1 Å². The Balaban J connectivity index is 1.62. The summed E-state index contributed by atoms with van der Waals surface area (Å²) in [6.45, 7) is 4.04. The van der Waals surface area contributed by atoms with Crippen LogP contribution in [0.15, 0.2) is 48.8 Å². The van der Waals surface area contributed by atoms with E-state index in [2.05, 4.69) is 10.3 Å². The molecule has 0 unspecified atom stereocenters. The molecule has 0 spiro atoms. The second-order valence-corrected chi connectivity index (χ2v) is 5.93. The summed E-state index contributed by atoms with van der Waals surface area (Å²) in [5, 5.41) is 3.24. The lowest BCUT2D eigenvalue weighted by Crippen LogP contribution is -2.50. The van der Waals surface area contributed by atoms with Crippen molar-refractivity contribution in [1.82, 2.24) is 14.8 Å². The maximum absolute atomic E-state index is 12.7. The van der Waals surface area contributed by atoms with E-state index < -0.39 is 0 Å². The summed E-state index contributed by atoms with van der Waals surface area (Å²) in [6, 6.07) is 11.5. The smallest absolute Gasteiger partial charge is 0.409 e. The number of hydrogen-bond donors (Lipinski definition) is 1. The average molecular weight is 354 g/mol. The SMILES string of the molecule is CCOC(=O)N1CCN(C(=O)c2cncc(Nc3ccccc3)c2)CC1. The minimum absolute atomic E-state index is 0.0854. The van der Waals surface area contributed by atoms with Crippen LogP contribution in [0.4, 0.5) is 16.2 Å². The van der Waals surface area contributed by atoms with Gasteiger partial charge in [0.1, 0.15) is 0 Å². The molecule has 1 aliphatic heterocycles. The van der Waals surface area contributed by atoms with Crippen LogP contribution < -0.4 is 5.32 Å².